The second-order valence-electron chi connectivity index (χ2n) is 4.34. The number of thiazole rings is 1. The van der Waals surface area contributed by atoms with Crippen molar-refractivity contribution in [2.45, 2.75) is 39.3 Å². The molecule has 7 heteroatoms. The first-order chi connectivity index (χ1) is 8.93. The van der Waals surface area contributed by atoms with E-state index in [1.165, 1.54) is 16.2 Å². The molecule has 1 heterocycles. The Morgan fingerprint density at radius 1 is 1.58 bits per heavy atom. The van der Waals surface area contributed by atoms with Crippen LogP contribution in [-0.4, -0.2) is 40.1 Å². The fourth-order valence-electron chi connectivity index (χ4n) is 1.60. The SMILES string of the molecule is CCC[C@H](NC(=O)N(C)Cc1csc(C)n1)C(=O)O. The number of urea groups is 1. The summed E-state index contributed by atoms with van der Waals surface area (Å²) in [5, 5.41) is 14.3. The monoisotopic (exact) mass is 285 g/mol. The van der Waals surface area contributed by atoms with Crippen molar-refractivity contribution in [3.63, 3.8) is 0 Å². The van der Waals surface area contributed by atoms with Crippen LogP contribution in [-0.2, 0) is 11.3 Å². The predicted octanol–water partition coefficient (Wildman–Crippen LogP) is 1.85. The summed E-state index contributed by atoms with van der Waals surface area (Å²) in [4.78, 5) is 28.5. The summed E-state index contributed by atoms with van der Waals surface area (Å²) in [6, 6.07) is -1.23. The van der Waals surface area contributed by atoms with Crippen LogP contribution >= 0.6 is 11.3 Å². The quantitative estimate of drug-likeness (QED) is 0.835. The molecule has 0 saturated heterocycles. The summed E-state index contributed by atoms with van der Waals surface area (Å²) in [6.07, 6.45) is 1.12. The number of carboxylic acids is 1. The molecule has 0 spiro atoms. The summed E-state index contributed by atoms with van der Waals surface area (Å²) in [5.74, 6) is -1.01. The Morgan fingerprint density at radius 3 is 2.74 bits per heavy atom. The Hall–Kier alpha value is -1.63. The molecular formula is C12H19N3O3S. The molecule has 0 saturated carbocycles. The van der Waals surface area contributed by atoms with E-state index in [1.807, 2.05) is 19.2 Å². The number of carboxylic acid groups (broad SMARTS) is 1. The number of nitrogens with one attached hydrogen (secondary N) is 1. The van der Waals surface area contributed by atoms with E-state index in [0.717, 1.165) is 10.7 Å². The third kappa shape index (κ3) is 4.86. The first-order valence-electron chi connectivity index (χ1n) is 6.09. The Kier molecular flexibility index (Phi) is 5.75. The van der Waals surface area contributed by atoms with Gasteiger partial charge in [0.1, 0.15) is 6.04 Å². The van der Waals surface area contributed by atoms with Gasteiger partial charge in [0, 0.05) is 12.4 Å². The van der Waals surface area contributed by atoms with Gasteiger partial charge < -0.3 is 15.3 Å². The number of aromatic nitrogens is 1. The van der Waals surface area contributed by atoms with Gasteiger partial charge in [-0.05, 0) is 13.3 Å². The van der Waals surface area contributed by atoms with Crippen molar-refractivity contribution in [3.8, 4) is 0 Å². The minimum absolute atomic E-state index is 0.370. The smallest absolute Gasteiger partial charge is 0.326 e. The second-order valence-corrected chi connectivity index (χ2v) is 5.41. The fourth-order valence-corrected chi connectivity index (χ4v) is 2.20. The lowest BCUT2D eigenvalue weighted by molar-refractivity contribution is -0.139. The molecule has 2 amide bonds. The number of aryl methyl sites for hydroxylation is 1. The molecule has 1 aromatic heterocycles. The van der Waals surface area contributed by atoms with Crippen LogP contribution in [0.15, 0.2) is 5.38 Å². The molecule has 1 rings (SSSR count). The Morgan fingerprint density at radius 2 is 2.26 bits per heavy atom. The number of hydrogen-bond acceptors (Lipinski definition) is 4. The van der Waals surface area contributed by atoms with Crippen molar-refractivity contribution in [2.75, 3.05) is 7.05 Å². The largest absolute Gasteiger partial charge is 0.480 e. The minimum Gasteiger partial charge on any atom is -0.480 e. The topological polar surface area (TPSA) is 82.5 Å². The van der Waals surface area contributed by atoms with Crippen LogP contribution in [0.5, 0.6) is 0 Å². The fraction of sp³-hybridized carbons (Fsp3) is 0.583. The first kappa shape index (κ1) is 15.4. The standard InChI is InChI=1S/C12H19N3O3S/c1-4-5-10(11(16)17)14-12(18)15(3)6-9-7-19-8(2)13-9/h7,10H,4-6H2,1-3H3,(H,14,18)(H,16,17)/t10-/m0/s1. The maximum absolute atomic E-state index is 11.9. The third-order valence-corrected chi connectivity index (χ3v) is 3.41. The van der Waals surface area contributed by atoms with Crippen LogP contribution < -0.4 is 5.32 Å². The molecule has 0 radical (unpaired) electrons. The van der Waals surface area contributed by atoms with E-state index in [-0.39, 0.29) is 0 Å². The zero-order chi connectivity index (χ0) is 14.4. The van der Waals surface area contributed by atoms with Crippen LogP contribution in [0.25, 0.3) is 0 Å². The normalized spacial score (nSPS) is 11.9. The van der Waals surface area contributed by atoms with E-state index >= 15 is 0 Å². The van der Waals surface area contributed by atoms with Gasteiger partial charge in [0.05, 0.1) is 17.2 Å². The van der Waals surface area contributed by atoms with Gasteiger partial charge in [-0.2, -0.15) is 0 Å². The number of hydrogen-bond donors (Lipinski definition) is 2. The lowest BCUT2D eigenvalue weighted by Crippen LogP contribution is -2.46. The molecule has 0 aromatic carbocycles. The van der Waals surface area contributed by atoms with E-state index in [0.29, 0.717) is 19.4 Å². The molecule has 0 unspecified atom stereocenters. The van der Waals surface area contributed by atoms with Crippen LogP contribution in [0.1, 0.15) is 30.5 Å². The number of rotatable bonds is 6. The van der Waals surface area contributed by atoms with Gasteiger partial charge >= 0.3 is 12.0 Å². The highest BCUT2D eigenvalue weighted by Crippen LogP contribution is 2.10. The molecule has 0 aliphatic heterocycles. The van der Waals surface area contributed by atoms with Gasteiger partial charge in [-0.15, -0.1) is 11.3 Å². The average molecular weight is 285 g/mol. The molecule has 1 atom stereocenters. The highest BCUT2D eigenvalue weighted by Gasteiger charge is 2.21. The molecule has 0 fully saturated rings. The average Bonchev–Trinajstić information content (AvgIpc) is 2.73. The second kappa shape index (κ2) is 7.08. The van der Waals surface area contributed by atoms with E-state index in [2.05, 4.69) is 10.3 Å². The molecule has 106 valence electrons. The van der Waals surface area contributed by atoms with Gasteiger partial charge in [0.15, 0.2) is 0 Å². The molecule has 0 aliphatic carbocycles. The number of carbonyl (C=O) groups is 2. The van der Waals surface area contributed by atoms with E-state index in [1.54, 1.807) is 7.05 Å². The van der Waals surface area contributed by atoms with Crippen LogP contribution in [0.4, 0.5) is 4.79 Å². The number of carbonyl (C=O) groups excluding carboxylic acids is 1. The molecule has 6 nitrogen and oxygen atoms in total. The number of aliphatic carboxylic acids is 1. The molecule has 0 aliphatic rings. The van der Waals surface area contributed by atoms with Crippen molar-refractivity contribution >= 4 is 23.3 Å². The molecule has 19 heavy (non-hydrogen) atoms. The van der Waals surface area contributed by atoms with Crippen LogP contribution in [0.3, 0.4) is 0 Å². The van der Waals surface area contributed by atoms with Gasteiger partial charge in [0.25, 0.3) is 0 Å². The van der Waals surface area contributed by atoms with Crippen LogP contribution in [0.2, 0.25) is 0 Å². The van der Waals surface area contributed by atoms with Crippen LogP contribution in [0, 0.1) is 6.92 Å². The van der Waals surface area contributed by atoms with Gasteiger partial charge in [0.2, 0.25) is 0 Å². The van der Waals surface area contributed by atoms with Crippen molar-refractivity contribution in [3.05, 3.63) is 16.1 Å². The van der Waals surface area contributed by atoms with Gasteiger partial charge in [-0.25, -0.2) is 14.6 Å². The maximum Gasteiger partial charge on any atom is 0.326 e. The molecule has 2 N–H and O–H groups in total. The van der Waals surface area contributed by atoms with E-state index in [4.69, 9.17) is 5.11 Å². The number of nitrogens with zero attached hydrogens (tertiary/aromatic N) is 2. The third-order valence-electron chi connectivity index (χ3n) is 2.59. The van der Waals surface area contributed by atoms with E-state index in [9.17, 15) is 9.59 Å². The highest BCUT2D eigenvalue weighted by molar-refractivity contribution is 7.09. The predicted molar refractivity (Wildman–Crippen MR) is 73.2 cm³/mol. The van der Waals surface area contributed by atoms with Crippen molar-refractivity contribution in [1.29, 1.82) is 0 Å². The van der Waals surface area contributed by atoms with Crippen molar-refractivity contribution < 1.29 is 14.7 Å². The molecule has 1 aromatic rings. The van der Waals surface area contributed by atoms with E-state index < -0.39 is 18.0 Å². The molecular weight excluding hydrogens is 266 g/mol. The van der Waals surface area contributed by atoms with Gasteiger partial charge in [-0.3, -0.25) is 0 Å². The first-order valence-corrected chi connectivity index (χ1v) is 6.97. The Labute approximate surface area is 116 Å². The Bertz CT molecular complexity index is 447. The zero-order valence-corrected chi connectivity index (χ0v) is 12.2. The summed E-state index contributed by atoms with van der Waals surface area (Å²) < 4.78 is 0. The summed E-state index contributed by atoms with van der Waals surface area (Å²) in [7, 11) is 1.62. The summed E-state index contributed by atoms with van der Waals surface area (Å²) in [5.41, 5.74) is 0.808. The highest BCUT2D eigenvalue weighted by atomic mass is 32.1. The maximum atomic E-state index is 11.9. The molecule has 0 bridgehead atoms. The lowest BCUT2D eigenvalue weighted by Gasteiger charge is -2.20. The minimum atomic E-state index is -1.01. The van der Waals surface area contributed by atoms with Crippen molar-refractivity contribution in [1.82, 2.24) is 15.2 Å². The Balaban J connectivity index is 2.54. The summed E-state index contributed by atoms with van der Waals surface area (Å²) >= 11 is 1.52. The lowest BCUT2D eigenvalue weighted by atomic mass is 10.2. The van der Waals surface area contributed by atoms with Crippen molar-refractivity contribution in [2.24, 2.45) is 0 Å². The van der Waals surface area contributed by atoms with Gasteiger partial charge in [-0.1, -0.05) is 13.3 Å². The zero-order valence-electron chi connectivity index (χ0n) is 11.3. The number of amides is 2. The summed E-state index contributed by atoms with van der Waals surface area (Å²) in [6.45, 7) is 4.15.